The molecule has 0 aliphatic carbocycles. The number of ether oxygens (including phenoxy) is 2. The van der Waals surface area contributed by atoms with Crippen LogP contribution in [0.1, 0.15) is 5.56 Å². The van der Waals surface area contributed by atoms with E-state index in [2.05, 4.69) is 30.7 Å². The predicted octanol–water partition coefficient (Wildman–Crippen LogP) is 2.10. The van der Waals surface area contributed by atoms with E-state index in [1.54, 1.807) is 0 Å². The molecule has 0 bridgehead atoms. The van der Waals surface area contributed by atoms with E-state index >= 15 is 0 Å². The van der Waals surface area contributed by atoms with Gasteiger partial charge < -0.3 is 9.47 Å². The number of nitrogens with zero attached hydrogens (tertiary/aromatic N) is 5. The van der Waals surface area contributed by atoms with Crippen molar-refractivity contribution in [3.05, 3.63) is 54.1 Å². The van der Waals surface area contributed by atoms with Crippen molar-refractivity contribution in [3.8, 4) is 22.9 Å². The second-order valence-electron chi connectivity index (χ2n) is 5.59. The zero-order chi connectivity index (χ0) is 20.6. The van der Waals surface area contributed by atoms with Crippen LogP contribution in [-0.4, -0.2) is 46.1 Å². The van der Waals surface area contributed by atoms with Crippen molar-refractivity contribution in [2.45, 2.75) is 13.2 Å². The van der Waals surface area contributed by atoms with E-state index in [9.17, 15) is 13.6 Å². The molecule has 0 unspecified atom stereocenters. The quantitative estimate of drug-likeness (QED) is 0.457. The van der Waals surface area contributed by atoms with Gasteiger partial charge in [0.15, 0.2) is 11.5 Å². The van der Waals surface area contributed by atoms with Gasteiger partial charge in [0.05, 0.1) is 13.3 Å². The van der Waals surface area contributed by atoms with Crippen molar-refractivity contribution < 1.29 is 23.0 Å². The van der Waals surface area contributed by atoms with Gasteiger partial charge in [-0.2, -0.15) is 18.7 Å². The maximum Gasteiger partial charge on any atom is 0.387 e. The summed E-state index contributed by atoms with van der Waals surface area (Å²) in [6.07, 6.45) is 1.33. The highest BCUT2D eigenvalue weighted by Gasteiger charge is 2.11. The Balaban J connectivity index is 1.57. The fourth-order valence-corrected chi connectivity index (χ4v) is 2.31. The van der Waals surface area contributed by atoms with Crippen LogP contribution < -0.4 is 14.9 Å². The molecule has 2 aromatic carbocycles. The first-order valence-electron chi connectivity index (χ1n) is 8.33. The summed E-state index contributed by atoms with van der Waals surface area (Å²) in [5.74, 6) is -0.0565. The van der Waals surface area contributed by atoms with Crippen LogP contribution in [0.2, 0.25) is 0 Å². The largest absolute Gasteiger partial charge is 0.493 e. The second-order valence-corrected chi connectivity index (χ2v) is 5.59. The van der Waals surface area contributed by atoms with Crippen molar-refractivity contribution in [2.24, 2.45) is 5.10 Å². The van der Waals surface area contributed by atoms with Gasteiger partial charge in [0, 0.05) is 5.56 Å². The van der Waals surface area contributed by atoms with Crippen molar-refractivity contribution in [2.75, 3.05) is 7.11 Å². The van der Waals surface area contributed by atoms with Crippen molar-refractivity contribution in [1.82, 2.24) is 25.6 Å². The maximum absolute atomic E-state index is 12.3. The highest BCUT2D eigenvalue weighted by Crippen LogP contribution is 2.28. The topological polar surface area (TPSA) is 104 Å². The van der Waals surface area contributed by atoms with E-state index in [0.29, 0.717) is 11.4 Å². The number of methoxy groups -OCH3 is 1. The van der Waals surface area contributed by atoms with E-state index in [0.717, 1.165) is 10.4 Å². The van der Waals surface area contributed by atoms with Crippen LogP contribution in [-0.2, 0) is 11.3 Å². The number of aromatic nitrogens is 4. The first-order valence-corrected chi connectivity index (χ1v) is 8.33. The lowest BCUT2D eigenvalue weighted by molar-refractivity contribution is -0.122. The normalized spacial score (nSPS) is 11.0. The second kappa shape index (κ2) is 9.35. The van der Waals surface area contributed by atoms with Gasteiger partial charge in [0.25, 0.3) is 5.91 Å². The van der Waals surface area contributed by atoms with Gasteiger partial charge in [0.2, 0.25) is 5.82 Å². The van der Waals surface area contributed by atoms with E-state index in [1.165, 1.54) is 31.5 Å². The van der Waals surface area contributed by atoms with Crippen molar-refractivity contribution in [1.29, 1.82) is 0 Å². The molecule has 3 rings (SSSR count). The van der Waals surface area contributed by atoms with E-state index in [4.69, 9.17) is 4.74 Å². The molecule has 29 heavy (non-hydrogen) atoms. The average Bonchev–Trinajstić information content (AvgIpc) is 3.17. The summed E-state index contributed by atoms with van der Waals surface area (Å²) in [5.41, 5.74) is 3.61. The monoisotopic (exact) mass is 402 g/mol. The standard InChI is InChI=1S/C18H16F2N6O3/c1-28-15-9-12(7-8-14(15)29-18(19)20)10-21-22-16(27)11-26-24-17(23-25-26)13-5-3-2-4-6-13/h2-10,18H,11H2,1H3,(H,22,27)/b21-10+. The van der Waals surface area contributed by atoms with Crippen LogP contribution in [0.4, 0.5) is 8.78 Å². The zero-order valence-electron chi connectivity index (χ0n) is 15.2. The Bertz CT molecular complexity index is 994. The molecule has 1 amide bonds. The number of carbonyl (C=O) groups excluding carboxylic acids is 1. The molecule has 0 atom stereocenters. The van der Waals surface area contributed by atoms with Crippen molar-refractivity contribution in [3.63, 3.8) is 0 Å². The van der Waals surface area contributed by atoms with Crippen LogP contribution in [0.15, 0.2) is 53.6 Å². The smallest absolute Gasteiger partial charge is 0.387 e. The van der Waals surface area contributed by atoms with Gasteiger partial charge >= 0.3 is 6.61 Å². The number of tetrazole rings is 1. The number of carbonyl (C=O) groups is 1. The SMILES string of the molecule is COc1cc(/C=N/NC(=O)Cn2nnc(-c3ccccc3)n2)ccc1OC(F)F. The third-order valence-corrected chi connectivity index (χ3v) is 3.58. The molecule has 1 heterocycles. The van der Waals surface area contributed by atoms with Gasteiger partial charge in [-0.15, -0.1) is 10.2 Å². The van der Waals surface area contributed by atoms with Gasteiger partial charge in [-0.25, -0.2) is 5.43 Å². The summed E-state index contributed by atoms with van der Waals surface area (Å²) >= 11 is 0. The number of hydrazone groups is 1. The summed E-state index contributed by atoms with van der Waals surface area (Å²) in [7, 11) is 1.32. The molecule has 0 aliphatic rings. The number of hydrogen-bond acceptors (Lipinski definition) is 7. The molecule has 11 heteroatoms. The van der Waals surface area contributed by atoms with Crippen LogP contribution >= 0.6 is 0 Å². The molecular weight excluding hydrogens is 386 g/mol. The lowest BCUT2D eigenvalue weighted by Gasteiger charge is -2.09. The van der Waals surface area contributed by atoms with Gasteiger partial charge in [-0.05, 0) is 29.0 Å². The predicted molar refractivity (Wildman–Crippen MR) is 98.6 cm³/mol. The van der Waals surface area contributed by atoms with E-state index < -0.39 is 12.5 Å². The van der Waals surface area contributed by atoms with E-state index in [-0.39, 0.29) is 18.0 Å². The third kappa shape index (κ3) is 5.54. The zero-order valence-corrected chi connectivity index (χ0v) is 15.2. The fourth-order valence-electron chi connectivity index (χ4n) is 2.31. The third-order valence-electron chi connectivity index (χ3n) is 3.58. The number of amides is 1. The molecular formula is C18H16F2N6O3. The highest BCUT2D eigenvalue weighted by atomic mass is 19.3. The van der Waals surface area contributed by atoms with Crippen LogP contribution in [0.3, 0.4) is 0 Å². The lowest BCUT2D eigenvalue weighted by atomic mass is 10.2. The molecule has 0 saturated carbocycles. The highest BCUT2D eigenvalue weighted by molar-refractivity contribution is 5.83. The summed E-state index contributed by atoms with van der Waals surface area (Å²) in [6, 6.07) is 13.5. The van der Waals surface area contributed by atoms with Gasteiger partial charge in [0.1, 0.15) is 6.54 Å². The number of rotatable bonds is 8. The number of benzene rings is 2. The number of alkyl halides is 2. The minimum absolute atomic E-state index is 0.102. The number of halogens is 2. The fraction of sp³-hybridized carbons (Fsp3) is 0.167. The Morgan fingerprint density at radius 3 is 2.76 bits per heavy atom. The molecule has 0 spiro atoms. The Labute approximate surface area is 163 Å². The summed E-state index contributed by atoms with van der Waals surface area (Å²) < 4.78 is 34.0. The van der Waals surface area contributed by atoms with Crippen LogP contribution in [0, 0.1) is 0 Å². The minimum atomic E-state index is -2.96. The first-order chi connectivity index (χ1) is 14.0. The molecule has 9 nitrogen and oxygen atoms in total. The van der Waals surface area contributed by atoms with Crippen LogP contribution in [0.5, 0.6) is 11.5 Å². The van der Waals surface area contributed by atoms with E-state index in [1.807, 2.05) is 30.3 Å². The number of hydrogen-bond donors (Lipinski definition) is 1. The molecule has 0 saturated heterocycles. The van der Waals surface area contributed by atoms with Crippen molar-refractivity contribution >= 4 is 12.1 Å². The average molecular weight is 402 g/mol. The molecule has 1 aromatic heterocycles. The Kier molecular flexibility index (Phi) is 6.40. The first kappa shape index (κ1) is 19.9. The van der Waals surface area contributed by atoms with Gasteiger partial charge in [-0.1, -0.05) is 30.3 Å². The molecule has 1 N–H and O–H groups in total. The Morgan fingerprint density at radius 1 is 1.24 bits per heavy atom. The Morgan fingerprint density at radius 2 is 2.03 bits per heavy atom. The summed E-state index contributed by atoms with van der Waals surface area (Å²) in [4.78, 5) is 13.1. The minimum Gasteiger partial charge on any atom is -0.493 e. The number of nitrogens with one attached hydrogen (secondary N) is 1. The van der Waals surface area contributed by atoms with Gasteiger partial charge in [-0.3, -0.25) is 4.79 Å². The molecule has 0 fully saturated rings. The summed E-state index contributed by atoms with van der Waals surface area (Å²) in [6.45, 7) is -3.14. The Hall–Kier alpha value is -3.89. The molecule has 0 aliphatic heterocycles. The summed E-state index contributed by atoms with van der Waals surface area (Å²) in [5, 5.41) is 15.7. The van der Waals surface area contributed by atoms with Crippen LogP contribution in [0.25, 0.3) is 11.4 Å². The molecule has 3 aromatic rings. The molecule has 150 valence electrons. The lowest BCUT2D eigenvalue weighted by Crippen LogP contribution is -2.24. The molecule has 0 radical (unpaired) electrons. The maximum atomic E-state index is 12.3.